The van der Waals surface area contributed by atoms with Gasteiger partial charge in [0, 0.05) is 42.3 Å². The van der Waals surface area contributed by atoms with Gasteiger partial charge in [-0.3, -0.25) is 0 Å². The van der Waals surface area contributed by atoms with Crippen LogP contribution in [0.15, 0.2) is 88.8 Å². The normalized spacial score (nSPS) is 14.1. The van der Waals surface area contributed by atoms with Crippen LogP contribution in [0.2, 0.25) is 0 Å². The molecule has 1 aromatic heterocycles. The summed E-state index contributed by atoms with van der Waals surface area (Å²) in [6.45, 7) is 9.34. The maximum absolute atomic E-state index is 5.53. The Balaban J connectivity index is 0.00000353. The summed E-state index contributed by atoms with van der Waals surface area (Å²) in [6, 6.07) is 28.9. The van der Waals surface area contributed by atoms with E-state index in [9.17, 15) is 0 Å². The Hall–Kier alpha value is -3.12. The number of aromatic nitrogens is 1. The fourth-order valence-corrected chi connectivity index (χ4v) is 6.32. The molecule has 0 N–H and O–H groups in total. The van der Waals surface area contributed by atoms with Crippen molar-refractivity contribution in [2.75, 3.05) is 45.8 Å². The van der Waals surface area contributed by atoms with E-state index in [0.717, 1.165) is 30.7 Å². The van der Waals surface area contributed by atoms with Gasteiger partial charge in [0.25, 0.3) is 0 Å². The van der Waals surface area contributed by atoms with Crippen molar-refractivity contribution >= 4 is 34.4 Å². The summed E-state index contributed by atoms with van der Waals surface area (Å²) in [5.74, 6) is 0. The second-order valence-electron chi connectivity index (χ2n) is 10.4. The van der Waals surface area contributed by atoms with Crippen LogP contribution in [0.4, 0.5) is 5.69 Å². The number of para-hydroxylation sites is 2. The molecule has 1 aliphatic heterocycles. The maximum Gasteiger partial charge on any atom is 0.213 e. The van der Waals surface area contributed by atoms with Crippen LogP contribution >= 0.6 is 11.8 Å². The second-order valence-corrected chi connectivity index (χ2v) is 11.4. The summed E-state index contributed by atoms with van der Waals surface area (Å²) in [5.41, 5.74) is 7.55. The lowest BCUT2D eigenvalue weighted by Crippen LogP contribution is -2.42. The van der Waals surface area contributed by atoms with E-state index in [1.165, 1.54) is 48.9 Å². The van der Waals surface area contributed by atoms with E-state index in [1.807, 2.05) is 11.8 Å². The highest BCUT2D eigenvalue weighted by atomic mass is 32.2. The van der Waals surface area contributed by atoms with Crippen LogP contribution in [-0.2, 0) is 17.8 Å². The molecule has 3 aromatic carbocycles. The molecule has 2 heterocycles. The van der Waals surface area contributed by atoms with Crippen LogP contribution in [0.1, 0.15) is 32.4 Å². The smallest absolute Gasteiger partial charge is 0.213 e. The Morgan fingerprint density at radius 2 is 1.64 bits per heavy atom. The quantitative estimate of drug-likeness (QED) is 0.160. The average Bonchev–Trinajstić information content (AvgIpc) is 3.27. The van der Waals surface area contributed by atoms with Gasteiger partial charge in [-0.05, 0) is 55.8 Å². The largest absolute Gasteiger partial charge is 0.378 e. The van der Waals surface area contributed by atoms with Crippen molar-refractivity contribution in [3.05, 3.63) is 95.0 Å². The first-order chi connectivity index (χ1) is 18.5. The number of pyridine rings is 1. The van der Waals surface area contributed by atoms with Crippen molar-refractivity contribution in [3.63, 3.8) is 0 Å². The van der Waals surface area contributed by atoms with Crippen molar-refractivity contribution in [2.45, 2.75) is 39.3 Å². The summed E-state index contributed by atoms with van der Waals surface area (Å²) in [5, 5.41) is 2.49. The minimum atomic E-state index is 0. The topological polar surface area (TPSA) is 16.4 Å². The third kappa shape index (κ3) is 5.91. The second kappa shape index (κ2) is 12.4. The summed E-state index contributed by atoms with van der Waals surface area (Å²) >= 11 is 1.84. The standard InChI is InChI=1S/C33H39N3OS.CH4/c1-6-36(4,7-2)24-25-16-18-26(19-17-25)31-22-27(23-33-34(3)30-14-10-11-15-32(30)38-33)28-12-8-9-13-29(28)35(31)20-21-37-5;/h8-19,22-23H,6-7,20-21,24H2,1-5H3;1H4/q+2;. The number of fused-ring (bicyclic) bond motifs is 2. The molecule has 0 saturated carbocycles. The van der Waals surface area contributed by atoms with E-state index in [4.69, 9.17) is 4.74 Å². The molecule has 5 rings (SSSR count). The summed E-state index contributed by atoms with van der Waals surface area (Å²) in [6.07, 6.45) is 2.34. The summed E-state index contributed by atoms with van der Waals surface area (Å²) in [7, 11) is 6.27. The Bertz CT molecular complexity index is 1460. The van der Waals surface area contributed by atoms with Gasteiger partial charge >= 0.3 is 0 Å². The lowest BCUT2D eigenvalue weighted by atomic mass is 10.0. The molecule has 0 aliphatic carbocycles. The van der Waals surface area contributed by atoms with Crippen LogP contribution in [0.25, 0.3) is 28.2 Å². The SMILES string of the molecule is C.CC[N+](C)(CC)Cc1ccc(-c2cc(C=C3Sc4ccccc4N3C)c3ccccc3[n+]2CCOC)cc1. The maximum atomic E-state index is 5.53. The summed E-state index contributed by atoms with van der Waals surface area (Å²) < 4.78 is 8.99. The molecule has 0 amide bonds. The molecule has 0 unspecified atom stereocenters. The Morgan fingerprint density at radius 3 is 2.33 bits per heavy atom. The van der Waals surface area contributed by atoms with E-state index >= 15 is 0 Å². The van der Waals surface area contributed by atoms with Gasteiger partial charge in [-0.2, -0.15) is 4.57 Å². The lowest BCUT2D eigenvalue weighted by molar-refractivity contribution is -0.919. The van der Waals surface area contributed by atoms with E-state index in [2.05, 4.69) is 122 Å². The molecule has 0 saturated heterocycles. The van der Waals surface area contributed by atoms with Gasteiger partial charge < -0.3 is 14.1 Å². The fourth-order valence-electron chi connectivity index (χ4n) is 5.22. The first-order valence-corrected chi connectivity index (χ1v) is 14.4. The lowest BCUT2D eigenvalue weighted by Gasteiger charge is -2.32. The van der Waals surface area contributed by atoms with Gasteiger partial charge in [0.1, 0.15) is 13.2 Å². The molecule has 0 fully saturated rings. The first-order valence-electron chi connectivity index (χ1n) is 13.6. The van der Waals surface area contributed by atoms with Crippen LogP contribution in [0, 0.1) is 0 Å². The zero-order valence-corrected chi connectivity index (χ0v) is 24.1. The molecule has 0 atom stereocenters. The Morgan fingerprint density at radius 1 is 0.949 bits per heavy atom. The molecule has 4 aromatic rings. The van der Waals surface area contributed by atoms with Crippen LogP contribution in [-0.4, -0.2) is 45.4 Å². The highest BCUT2D eigenvalue weighted by Gasteiger charge is 2.25. The van der Waals surface area contributed by atoms with Crippen LogP contribution < -0.4 is 9.47 Å². The molecule has 1 aliphatic rings. The molecule has 0 spiro atoms. The van der Waals surface area contributed by atoms with E-state index in [0.29, 0.717) is 6.61 Å². The highest BCUT2D eigenvalue weighted by Crippen LogP contribution is 2.45. The van der Waals surface area contributed by atoms with Crippen molar-refractivity contribution in [1.29, 1.82) is 0 Å². The van der Waals surface area contributed by atoms with Gasteiger partial charge in [0.2, 0.25) is 11.2 Å². The number of ether oxygens (including phenoxy) is 1. The number of hydrogen-bond acceptors (Lipinski definition) is 3. The molecule has 4 nitrogen and oxygen atoms in total. The molecular formula is C34H43N3OS+2. The van der Waals surface area contributed by atoms with E-state index in [1.54, 1.807) is 7.11 Å². The van der Waals surface area contributed by atoms with Crippen LogP contribution in [0.3, 0.4) is 0 Å². The monoisotopic (exact) mass is 541 g/mol. The highest BCUT2D eigenvalue weighted by molar-refractivity contribution is 8.03. The van der Waals surface area contributed by atoms with E-state index < -0.39 is 0 Å². The molecular weight excluding hydrogens is 498 g/mol. The Labute approximate surface area is 239 Å². The number of nitrogens with zero attached hydrogens (tertiary/aromatic N) is 3. The first kappa shape index (κ1) is 28.9. The zero-order chi connectivity index (χ0) is 26.7. The van der Waals surface area contributed by atoms with Crippen molar-refractivity contribution in [2.24, 2.45) is 0 Å². The molecule has 204 valence electrons. The van der Waals surface area contributed by atoms with Gasteiger partial charge in [-0.15, -0.1) is 0 Å². The number of quaternary nitrogens is 1. The van der Waals surface area contributed by atoms with Crippen molar-refractivity contribution in [1.82, 2.24) is 0 Å². The number of thioether (sulfide) groups is 1. The van der Waals surface area contributed by atoms with Crippen LogP contribution in [0.5, 0.6) is 0 Å². The summed E-state index contributed by atoms with van der Waals surface area (Å²) in [4.78, 5) is 3.60. The van der Waals surface area contributed by atoms with E-state index in [-0.39, 0.29) is 7.43 Å². The fraction of sp³-hybridized carbons (Fsp3) is 0.324. The predicted octanol–water partition coefficient (Wildman–Crippen LogP) is 7.60. The number of hydrogen-bond donors (Lipinski definition) is 0. The average molecular weight is 542 g/mol. The predicted molar refractivity (Wildman–Crippen MR) is 168 cm³/mol. The molecule has 0 bridgehead atoms. The molecule has 0 radical (unpaired) electrons. The van der Waals surface area contributed by atoms with Gasteiger partial charge in [0.05, 0.1) is 36.2 Å². The third-order valence-electron chi connectivity index (χ3n) is 8.00. The van der Waals surface area contributed by atoms with Gasteiger partial charge in [-0.1, -0.05) is 55.6 Å². The molecule has 39 heavy (non-hydrogen) atoms. The van der Waals surface area contributed by atoms with Gasteiger partial charge in [-0.25, -0.2) is 0 Å². The Kier molecular flexibility index (Phi) is 9.16. The minimum Gasteiger partial charge on any atom is -0.378 e. The van der Waals surface area contributed by atoms with Gasteiger partial charge in [0.15, 0.2) is 6.54 Å². The number of benzene rings is 3. The van der Waals surface area contributed by atoms with Crippen molar-refractivity contribution in [3.8, 4) is 11.3 Å². The number of rotatable bonds is 9. The number of methoxy groups -OCH3 is 1. The third-order valence-corrected chi connectivity index (χ3v) is 9.17. The minimum absolute atomic E-state index is 0. The van der Waals surface area contributed by atoms with Crippen molar-refractivity contribution < 1.29 is 13.8 Å². The molecule has 5 heteroatoms. The number of anilines is 1. The zero-order valence-electron chi connectivity index (χ0n) is 23.3.